The lowest BCUT2D eigenvalue weighted by atomic mass is 10.0. The summed E-state index contributed by atoms with van der Waals surface area (Å²) in [6.07, 6.45) is -2.83. The molecule has 1 rings (SSSR count). The minimum atomic E-state index is -4.47. The Hall–Kier alpha value is -1.31. The van der Waals surface area contributed by atoms with Crippen molar-refractivity contribution in [3.8, 4) is 0 Å². The smallest absolute Gasteiger partial charge is 0.411 e. The average Bonchev–Trinajstić information content (AvgIpc) is 2.63. The third-order valence-electron chi connectivity index (χ3n) is 2.68. The van der Waals surface area contributed by atoms with E-state index in [1.807, 2.05) is 0 Å². The first-order chi connectivity index (χ1) is 8.29. The van der Waals surface area contributed by atoms with Crippen molar-refractivity contribution >= 4 is 11.9 Å². The Bertz CT molecular complexity index is 319. The summed E-state index contributed by atoms with van der Waals surface area (Å²) in [6, 6.07) is -0.524. The highest BCUT2D eigenvalue weighted by molar-refractivity contribution is 5.79. The predicted octanol–water partition coefficient (Wildman–Crippen LogP) is 0.935. The fourth-order valence-corrected chi connectivity index (χ4v) is 1.94. The molecule has 1 saturated carbocycles. The number of carbonyl (C=O) groups is 2. The molecule has 18 heavy (non-hydrogen) atoms. The SMILES string of the molecule is O=C(COCC(F)(F)F)NC1CCCC1C(=O)O. The number of alkyl halides is 3. The molecule has 104 valence electrons. The van der Waals surface area contributed by atoms with Crippen molar-refractivity contribution in [1.29, 1.82) is 0 Å². The number of nitrogens with one attached hydrogen (secondary N) is 1. The molecule has 0 aromatic heterocycles. The molecule has 5 nitrogen and oxygen atoms in total. The first-order valence-corrected chi connectivity index (χ1v) is 5.46. The van der Waals surface area contributed by atoms with E-state index in [1.54, 1.807) is 0 Å². The molecular weight excluding hydrogens is 255 g/mol. The van der Waals surface area contributed by atoms with Gasteiger partial charge in [0.15, 0.2) is 0 Å². The number of aliphatic carboxylic acids is 1. The fourth-order valence-electron chi connectivity index (χ4n) is 1.94. The van der Waals surface area contributed by atoms with E-state index < -0.39 is 43.2 Å². The van der Waals surface area contributed by atoms with Gasteiger partial charge in [0.05, 0.1) is 5.92 Å². The summed E-state index contributed by atoms with van der Waals surface area (Å²) in [5, 5.41) is 11.2. The van der Waals surface area contributed by atoms with Crippen LogP contribution in [0.25, 0.3) is 0 Å². The second-order valence-corrected chi connectivity index (χ2v) is 4.16. The highest BCUT2D eigenvalue weighted by atomic mass is 19.4. The monoisotopic (exact) mass is 269 g/mol. The van der Waals surface area contributed by atoms with Crippen molar-refractivity contribution in [2.45, 2.75) is 31.5 Å². The Balaban J connectivity index is 2.29. The van der Waals surface area contributed by atoms with Crippen molar-refractivity contribution in [2.24, 2.45) is 5.92 Å². The normalized spacial score (nSPS) is 23.9. The van der Waals surface area contributed by atoms with Crippen LogP contribution in [0.3, 0.4) is 0 Å². The van der Waals surface area contributed by atoms with E-state index in [2.05, 4.69) is 10.1 Å². The van der Waals surface area contributed by atoms with Gasteiger partial charge in [-0.05, 0) is 12.8 Å². The molecule has 0 saturated heterocycles. The summed E-state index contributed by atoms with van der Waals surface area (Å²) in [5.74, 6) is -2.40. The zero-order valence-corrected chi connectivity index (χ0v) is 9.50. The summed E-state index contributed by atoms with van der Waals surface area (Å²) in [4.78, 5) is 22.1. The third-order valence-corrected chi connectivity index (χ3v) is 2.68. The average molecular weight is 269 g/mol. The van der Waals surface area contributed by atoms with Gasteiger partial charge in [0.25, 0.3) is 0 Å². The molecule has 0 radical (unpaired) electrons. The molecule has 0 aliphatic heterocycles. The van der Waals surface area contributed by atoms with Crippen LogP contribution in [-0.2, 0) is 14.3 Å². The number of hydrogen-bond donors (Lipinski definition) is 2. The van der Waals surface area contributed by atoms with E-state index in [1.165, 1.54) is 0 Å². The zero-order chi connectivity index (χ0) is 13.8. The number of rotatable bonds is 5. The van der Waals surface area contributed by atoms with Crippen LogP contribution in [0.2, 0.25) is 0 Å². The van der Waals surface area contributed by atoms with Crippen LogP contribution in [0, 0.1) is 5.92 Å². The van der Waals surface area contributed by atoms with Crippen LogP contribution in [0.4, 0.5) is 13.2 Å². The van der Waals surface area contributed by atoms with Gasteiger partial charge < -0.3 is 15.2 Å². The molecule has 0 spiro atoms. The molecule has 2 N–H and O–H groups in total. The molecule has 0 bridgehead atoms. The third kappa shape index (κ3) is 4.91. The van der Waals surface area contributed by atoms with Crippen molar-refractivity contribution in [1.82, 2.24) is 5.32 Å². The van der Waals surface area contributed by atoms with Crippen LogP contribution in [0.5, 0.6) is 0 Å². The summed E-state index contributed by atoms with van der Waals surface area (Å²) < 4.78 is 39.4. The van der Waals surface area contributed by atoms with Gasteiger partial charge in [-0.2, -0.15) is 13.2 Å². The van der Waals surface area contributed by atoms with Gasteiger partial charge >= 0.3 is 12.1 Å². The molecule has 1 aliphatic rings. The van der Waals surface area contributed by atoms with Crippen LogP contribution in [0.1, 0.15) is 19.3 Å². The van der Waals surface area contributed by atoms with Crippen LogP contribution in [-0.4, -0.2) is 42.4 Å². The van der Waals surface area contributed by atoms with Gasteiger partial charge in [-0.1, -0.05) is 6.42 Å². The van der Waals surface area contributed by atoms with E-state index in [-0.39, 0.29) is 0 Å². The van der Waals surface area contributed by atoms with E-state index >= 15 is 0 Å². The standard InChI is InChI=1S/C10H14F3NO4/c11-10(12,13)5-18-4-8(15)14-7-3-1-2-6(7)9(16)17/h6-7H,1-5H2,(H,14,15)(H,16,17). The van der Waals surface area contributed by atoms with Crippen molar-refractivity contribution < 1.29 is 32.6 Å². The maximum absolute atomic E-state index is 11.7. The molecule has 1 amide bonds. The maximum Gasteiger partial charge on any atom is 0.411 e. The molecule has 2 atom stereocenters. The number of ether oxygens (including phenoxy) is 1. The topological polar surface area (TPSA) is 75.6 Å². The minimum absolute atomic E-state index is 0.462. The predicted molar refractivity (Wildman–Crippen MR) is 53.8 cm³/mol. The van der Waals surface area contributed by atoms with Crippen molar-refractivity contribution in [2.75, 3.05) is 13.2 Å². The molecule has 1 aliphatic carbocycles. The van der Waals surface area contributed by atoms with E-state index in [4.69, 9.17) is 5.11 Å². The molecule has 2 unspecified atom stereocenters. The van der Waals surface area contributed by atoms with E-state index in [0.29, 0.717) is 19.3 Å². The van der Waals surface area contributed by atoms with Gasteiger partial charge in [-0.15, -0.1) is 0 Å². The zero-order valence-electron chi connectivity index (χ0n) is 9.50. The van der Waals surface area contributed by atoms with Crippen LogP contribution >= 0.6 is 0 Å². The molecule has 0 aromatic carbocycles. The van der Waals surface area contributed by atoms with Gasteiger partial charge in [0.1, 0.15) is 13.2 Å². The van der Waals surface area contributed by atoms with Crippen molar-refractivity contribution in [3.05, 3.63) is 0 Å². The number of hydrogen-bond acceptors (Lipinski definition) is 3. The Kier molecular flexibility index (Phi) is 4.94. The molecule has 1 fully saturated rings. The summed E-state index contributed by atoms with van der Waals surface area (Å²) >= 11 is 0. The lowest BCUT2D eigenvalue weighted by Crippen LogP contribution is -2.42. The fraction of sp³-hybridized carbons (Fsp3) is 0.800. The number of halogens is 3. The molecule has 8 heteroatoms. The van der Waals surface area contributed by atoms with Gasteiger partial charge in [0.2, 0.25) is 5.91 Å². The highest BCUT2D eigenvalue weighted by Gasteiger charge is 2.34. The Labute approximate surface area is 101 Å². The lowest BCUT2D eigenvalue weighted by Gasteiger charge is -2.17. The highest BCUT2D eigenvalue weighted by Crippen LogP contribution is 2.25. The Morgan fingerprint density at radius 3 is 2.56 bits per heavy atom. The second kappa shape index (κ2) is 6.03. The maximum atomic E-state index is 11.7. The summed E-state index contributed by atoms with van der Waals surface area (Å²) in [7, 11) is 0. The van der Waals surface area contributed by atoms with Gasteiger partial charge in [-0.25, -0.2) is 0 Å². The van der Waals surface area contributed by atoms with Crippen LogP contribution in [0.15, 0.2) is 0 Å². The first-order valence-electron chi connectivity index (χ1n) is 5.46. The van der Waals surface area contributed by atoms with Gasteiger partial charge in [0, 0.05) is 6.04 Å². The lowest BCUT2D eigenvalue weighted by molar-refractivity contribution is -0.175. The number of carboxylic acids is 1. The number of amides is 1. The van der Waals surface area contributed by atoms with Crippen LogP contribution < -0.4 is 5.32 Å². The number of carbonyl (C=O) groups excluding carboxylic acids is 1. The minimum Gasteiger partial charge on any atom is -0.481 e. The number of carboxylic acid groups (broad SMARTS) is 1. The molecule has 0 heterocycles. The van der Waals surface area contributed by atoms with Gasteiger partial charge in [-0.3, -0.25) is 9.59 Å². The molecule has 0 aromatic rings. The summed E-state index contributed by atoms with van der Waals surface area (Å²) in [6.45, 7) is -2.21. The Morgan fingerprint density at radius 2 is 2.00 bits per heavy atom. The summed E-state index contributed by atoms with van der Waals surface area (Å²) in [5.41, 5.74) is 0. The second-order valence-electron chi connectivity index (χ2n) is 4.16. The van der Waals surface area contributed by atoms with E-state index in [0.717, 1.165) is 0 Å². The quantitative estimate of drug-likeness (QED) is 0.778. The van der Waals surface area contributed by atoms with E-state index in [9.17, 15) is 22.8 Å². The largest absolute Gasteiger partial charge is 0.481 e. The molecular formula is C10H14F3NO4. The van der Waals surface area contributed by atoms with Crippen molar-refractivity contribution in [3.63, 3.8) is 0 Å². The first kappa shape index (κ1) is 14.7. The Morgan fingerprint density at radius 1 is 1.33 bits per heavy atom.